The van der Waals surface area contributed by atoms with E-state index < -0.39 is 0 Å². The number of hydrogen-bond donors (Lipinski definition) is 1. The molecule has 1 heterocycles. The minimum absolute atomic E-state index is 0.519. The Labute approximate surface area is 103 Å². The Morgan fingerprint density at radius 1 is 1.47 bits per heavy atom. The number of aliphatic imine (C=N–C) groups is 1. The largest absolute Gasteiger partial charge is 0.497 e. The molecule has 3 nitrogen and oxygen atoms in total. The number of methoxy groups -OCH3 is 1. The van der Waals surface area contributed by atoms with Gasteiger partial charge in [0.05, 0.1) is 13.7 Å². The first-order chi connectivity index (χ1) is 8.29. The van der Waals surface area contributed by atoms with E-state index in [0.29, 0.717) is 6.04 Å². The number of nitrogens with one attached hydrogen (secondary N) is 1. The zero-order chi connectivity index (χ0) is 12.1. The van der Waals surface area contributed by atoms with Gasteiger partial charge in [-0.15, -0.1) is 0 Å². The normalized spacial score (nSPS) is 19.3. The number of benzene rings is 1. The molecule has 1 aromatic carbocycles. The van der Waals surface area contributed by atoms with Crippen molar-refractivity contribution in [2.24, 2.45) is 4.99 Å². The van der Waals surface area contributed by atoms with Crippen LogP contribution in [-0.2, 0) is 6.54 Å². The monoisotopic (exact) mass is 232 g/mol. The van der Waals surface area contributed by atoms with Gasteiger partial charge < -0.3 is 10.1 Å². The topological polar surface area (TPSA) is 33.6 Å². The molecule has 1 aliphatic heterocycles. The Hall–Kier alpha value is -1.35. The summed E-state index contributed by atoms with van der Waals surface area (Å²) in [5.74, 6) is 0.925. The van der Waals surface area contributed by atoms with Crippen LogP contribution in [0, 0.1) is 6.92 Å². The number of nitrogens with zero attached hydrogens (tertiary/aromatic N) is 1. The third-order valence-corrected chi connectivity index (χ3v) is 3.24. The minimum atomic E-state index is 0.519. The van der Waals surface area contributed by atoms with Crippen LogP contribution in [-0.4, -0.2) is 25.9 Å². The molecule has 0 amide bonds. The van der Waals surface area contributed by atoms with Crippen molar-refractivity contribution < 1.29 is 4.74 Å². The summed E-state index contributed by atoms with van der Waals surface area (Å²) >= 11 is 0. The van der Waals surface area contributed by atoms with Crippen LogP contribution in [0.3, 0.4) is 0 Å². The van der Waals surface area contributed by atoms with E-state index in [1.807, 2.05) is 12.3 Å². The summed E-state index contributed by atoms with van der Waals surface area (Å²) in [6, 6.07) is 6.73. The molecule has 0 saturated heterocycles. The summed E-state index contributed by atoms with van der Waals surface area (Å²) in [5.41, 5.74) is 2.61. The molecule has 0 saturated carbocycles. The van der Waals surface area contributed by atoms with E-state index in [-0.39, 0.29) is 0 Å². The molecule has 0 radical (unpaired) electrons. The van der Waals surface area contributed by atoms with Gasteiger partial charge in [-0.25, -0.2) is 0 Å². The lowest BCUT2D eigenvalue weighted by molar-refractivity contribution is 0.413. The Bertz CT molecular complexity index is 401. The highest BCUT2D eigenvalue weighted by molar-refractivity contribution is 5.58. The molecule has 1 aliphatic rings. The molecule has 0 aromatic heterocycles. The van der Waals surface area contributed by atoms with E-state index in [9.17, 15) is 0 Å². The predicted octanol–water partition coefficient (Wildman–Crippen LogP) is 2.33. The van der Waals surface area contributed by atoms with Gasteiger partial charge in [0, 0.05) is 12.6 Å². The summed E-state index contributed by atoms with van der Waals surface area (Å²) < 4.78 is 5.25. The standard InChI is InChI=1S/C14H20N2O/c1-11-5-6-14(17-2)8-12(11)9-16-13-4-3-7-15-10-13/h5-8,13,16H,3-4,9-10H2,1-2H3. The molecule has 2 rings (SSSR count). The van der Waals surface area contributed by atoms with Crippen molar-refractivity contribution >= 4 is 6.21 Å². The maximum absolute atomic E-state index is 5.25. The fraction of sp³-hybridized carbons (Fsp3) is 0.500. The Balaban J connectivity index is 1.95. The fourth-order valence-electron chi connectivity index (χ4n) is 2.05. The van der Waals surface area contributed by atoms with E-state index in [0.717, 1.165) is 25.3 Å². The molecule has 1 unspecified atom stereocenters. The molecule has 1 N–H and O–H groups in total. The van der Waals surface area contributed by atoms with Gasteiger partial charge in [-0.3, -0.25) is 4.99 Å². The second kappa shape index (κ2) is 5.82. The average Bonchev–Trinajstić information content (AvgIpc) is 2.39. The summed E-state index contributed by atoms with van der Waals surface area (Å²) in [4.78, 5) is 4.31. The lowest BCUT2D eigenvalue weighted by atomic mass is 10.1. The number of ether oxygens (including phenoxy) is 1. The zero-order valence-corrected chi connectivity index (χ0v) is 10.6. The van der Waals surface area contributed by atoms with Crippen LogP contribution in [0.1, 0.15) is 24.0 Å². The van der Waals surface area contributed by atoms with Crippen molar-refractivity contribution in [3.05, 3.63) is 29.3 Å². The molecule has 0 fully saturated rings. The SMILES string of the molecule is COc1ccc(C)c(CNC2CCC=NC2)c1. The summed E-state index contributed by atoms with van der Waals surface area (Å²) in [5, 5.41) is 3.56. The highest BCUT2D eigenvalue weighted by Gasteiger charge is 2.10. The van der Waals surface area contributed by atoms with E-state index >= 15 is 0 Å². The number of hydrogen-bond acceptors (Lipinski definition) is 3. The molecule has 17 heavy (non-hydrogen) atoms. The third-order valence-electron chi connectivity index (χ3n) is 3.24. The van der Waals surface area contributed by atoms with Crippen molar-refractivity contribution in [3.63, 3.8) is 0 Å². The maximum atomic E-state index is 5.25. The van der Waals surface area contributed by atoms with Crippen LogP contribution in [0.15, 0.2) is 23.2 Å². The highest BCUT2D eigenvalue weighted by Crippen LogP contribution is 2.17. The van der Waals surface area contributed by atoms with Crippen molar-refractivity contribution in [3.8, 4) is 5.75 Å². The van der Waals surface area contributed by atoms with Crippen LogP contribution in [0.2, 0.25) is 0 Å². The van der Waals surface area contributed by atoms with Crippen LogP contribution < -0.4 is 10.1 Å². The van der Waals surface area contributed by atoms with Gasteiger partial charge in [-0.05, 0) is 49.2 Å². The lowest BCUT2D eigenvalue weighted by Gasteiger charge is -2.19. The van der Waals surface area contributed by atoms with Gasteiger partial charge in [0.15, 0.2) is 0 Å². The average molecular weight is 232 g/mol. The van der Waals surface area contributed by atoms with E-state index in [1.165, 1.54) is 17.5 Å². The molecule has 0 spiro atoms. The molecular weight excluding hydrogens is 212 g/mol. The molecular formula is C14H20N2O. The second-order valence-corrected chi connectivity index (χ2v) is 4.50. The molecule has 3 heteroatoms. The summed E-state index contributed by atoms with van der Waals surface area (Å²) in [6.45, 7) is 3.93. The van der Waals surface area contributed by atoms with Gasteiger partial charge in [0.1, 0.15) is 5.75 Å². The summed E-state index contributed by atoms with van der Waals surface area (Å²) in [6.07, 6.45) is 4.30. The zero-order valence-electron chi connectivity index (χ0n) is 10.6. The molecule has 92 valence electrons. The van der Waals surface area contributed by atoms with Crippen molar-refractivity contribution in [1.29, 1.82) is 0 Å². The first-order valence-corrected chi connectivity index (χ1v) is 6.15. The van der Waals surface area contributed by atoms with Gasteiger partial charge in [-0.1, -0.05) is 6.07 Å². The Morgan fingerprint density at radius 3 is 3.06 bits per heavy atom. The smallest absolute Gasteiger partial charge is 0.119 e. The van der Waals surface area contributed by atoms with E-state index in [2.05, 4.69) is 29.4 Å². The molecule has 0 bridgehead atoms. The maximum Gasteiger partial charge on any atom is 0.119 e. The predicted molar refractivity (Wildman–Crippen MR) is 71.0 cm³/mol. The quantitative estimate of drug-likeness (QED) is 0.864. The van der Waals surface area contributed by atoms with Gasteiger partial charge in [-0.2, -0.15) is 0 Å². The molecule has 0 aliphatic carbocycles. The number of aryl methyl sites for hydroxylation is 1. The Kier molecular flexibility index (Phi) is 4.15. The molecule has 1 aromatic rings. The van der Waals surface area contributed by atoms with Crippen LogP contribution in [0.5, 0.6) is 5.75 Å². The van der Waals surface area contributed by atoms with Crippen LogP contribution in [0.4, 0.5) is 0 Å². The first kappa shape index (κ1) is 12.1. The van der Waals surface area contributed by atoms with E-state index in [4.69, 9.17) is 4.74 Å². The summed E-state index contributed by atoms with van der Waals surface area (Å²) in [7, 11) is 1.71. The third kappa shape index (κ3) is 3.30. The van der Waals surface area contributed by atoms with Crippen molar-refractivity contribution in [1.82, 2.24) is 5.32 Å². The van der Waals surface area contributed by atoms with Gasteiger partial charge >= 0.3 is 0 Å². The van der Waals surface area contributed by atoms with E-state index in [1.54, 1.807) is 7.11 Å². The highest BCUT2D eigenvalue weighted by atomic mass is 16.5. The second-order valence-electron chi connectivity index (χ2n) is 4.50. The van der Waals surface area contributed by atoms with Gasteiger partial charge in [0.25, 0.3) is 0 Å². The van der Waals surface area contributed by atoms with Gasteiger partial charge in [0.2, 0.25) is 0 Å². The van der Waals surface area contributed by atoms with Crippen LogP contribution >= 0.6 is 0 Å². The molecule has 1 atom stereocenters. The Morgan fingerprint density at radius 2 is 2.35 bits per heavy atom. The minimum Gasteiger partial charge on any atom is -0.497 e. The first-order valence-electron chi connectivity index (χ1n) is 6.15. The van der Waals surface area contributed by atoms with Crippen molar-refractivity contribution in [2.45, 2.75) is 32.4 Å². The van der Waals surface area contributed by atoms with Crippen molar-refractivity contribution in [2.75, 3.05) is 13.7 Å². The number of rotatable bonds is 4. The van der Waals surface area contributed by atoms with Crippen LogP contribution in [0.25, 0.3) is 0 Å². The lowest BCUT2D eigenvalue weighted by Crippen LogP contribution is -2.33. The fourth-order valence-corrected chi connectivity index (χ4v) is 2.05.